The van der Waals surface area contributed by atoms with Crippen LogP contribution in [0, 0.1) is 0 Å². The predicted octanol–water partition coefficient (Wildman–Crippen LogP) is -0.0928. The first kappa shape index (κ1) is 10.9. The number of rotatable bonds is 7. The van der Waals surface area contributed by atoms with E-state index in [1.807, 2.05) is 0 Å². The van der Waals surface area contributed by atoms with E-state index in [4.69, 9.17) is 15.5 Å². The van der Waals surface area contributed by atoms with Crippen LogP contribution in [0.5, 0.6) is 0 Å². The van der Waals surface area contributed by atoms with Crippen molar-refractivity contribution >= 4 is 8.25 Å². The lowest BCUT2D eigenvalue weighted by molar-refractivity contribution is 0.00274. The molecule has 0 rings (SSSR count). The molecule has 7 heteroatoms. The molecular formula is C4H11NO5P+. The van der Waals surface area contributed by atoms with Gasteiger partial charge in [-0.15, -0.1) is 4.89 Å². The van der Waals surface area contributed by atoms with Crippen LogP contribution in [0.4, 0.5) is 0 Å². The summed E-state index contributed by atoms with van der Waals surface area (Å²) in [5, 5.41) is 0. The Morgan fingerprint density at radius 1 is 1.45 bits per heavy atom. The molecule has 66 valence electrons. The van der Waals surface area contributed by atoms with Crippen molar-refractivity contribution in [2.75, 3.05) is 20.0 Å². The first-order chi connectivity index (χ1) is 5.27. The molecule has 0 fully saturated rings. The quantitative estimate of drug-likeness (QED) is 0.248. The lowest BCUT2D eigenvalue weighted by Crippen LogP contribution is -2.05. The summed E-state index contributed by atoms with van der Waals surface area (Å²) >= 11 is 0. The van der Waals surface area contributed by atoms with Crippen molar-refractivity contribution in [2.45, 2.75) is 6.42 Å². The van der Waals surface area contributed by atoms with Crippen LogP contribution in [0.3, 0.4) is 0 Å². The second kappa shape index (κ2) is 8.00. The van der Waals surface area contributed by atoms with Crippen molar-refractivity contribution in [2.24, 2.45) is 5.90 Å². The lowest BCUT2D eigenvalue weighted by Gasteiger charge is -1.97. The van der Waals surface area contributed by atoms with E-state index in [1.54, 1.807) is 0 Å². The number of hydrogen-bond donors (Lipinski definition) is 2. The minimum absolute atomic E-state index is 0.184. The van der Waals surface area contributed by atoms with E-state index in [-0.39, 0.29) is 6.79 Å². The van der Waals surface area contributed by atoms with Gasteiger partial charge in [-0.05, 0) is 6.42 Å². The fraction of sp³-hybridized carbons (Fsp3) is 1.00. The molecule has 0 aromatic rings. The van der Waals surface area contributed by atoms with Gasteiger partial charge in [-0.2, -0.15) is 0 Å². The SMILES string of the molecule is NOCCCOCO[P+](=O)O. The molecule has 0 bridgehead atoms. The minimum Gasteiger partial charge on any atom is -0.350 e. The van der Waals surface area contributed by atoms with Gasteiger partial charge in [0.15, 0.2) is 0 Å². The molecule has 0 aliphatic heterocycles. The Morgan fingerprint density at radius 3 is 2.73 bits per heavy atom. The maximum absolute atomic E-state index is 9.89. The molecule has 0 aromatic carbocycles. The van der Waals surface area contributed by atoms with Crippen LogP contribution in [-0.2, 0) is 18.7 Å². The van der Waals surface area contributed by atoms with Crippen LogP contribution in [0.2, 0.25) is 0 Å². The van der Waals surface area contributed by atoms with Gasteiger partial charge in [-0.3, -0.25) is 0 Å². The summed E-state index contributed by atoms with van der Waals surface area (Å²) in [6, 6.07) is 0. The maximum atomic E-state index is 9.89. The molecule has 0 amide bonds. The average molecular weight is 184 g/mol. The Morgan fingerprint density at radius 2 is 2.18 bits per heavy atom. The van der Waals surface area contributed by atoms with Gasteiger partial charge in [0.2, 0.25) is 6.79 Å². The monoisotopic (exact) mass is 184 g/mol. The van der Waals surface area contributed by atoms with Crippen molar-refractivity contribution in [3.8, 4) is 0 Å². The molecule has 1 atom stereocenters. The fourth-order valence-electron chi connectivity index (χ4n) is 0.386. The number of hydrogen-bond acceptors (Lipinski definition) is 5. The van der Waals surface area contributed by atoms with E-state index >= 15 is 0 Å². The zero-order valence-corrected chi connectivity index (χ0v) is 6.83. The highest BCUT2D eigenvalue weighted by molar-refractivity contribution is 7.32. The third-order valence-corrected chi connectivity index (χ3v) is 1.12. The fourth-order valence-corrected chi connectivity index (χ4v) is 0.550. The molecule has 3 N–H and O–H groups in total. The van der Waals surface area contributed by atoms with Crippen LogP contribution in [0.15, 0.2) is 0 Å². The van der Waals surface area contributed by atoms with Gasteiger partial charge in [0.05, 0.1) is 13.2 Å². The Labute approximate surface area is 65.1 Å². The van der Waals surface area contributed by atoms with Crippen LogP contribution >= 0.6 is 8.25 Å². The summed E-state index contributed by atoms with van der Waals surface area (Å²) in [6.07, 6.45) is 0.627. The van der Waals surface area contributed by atoms with Crippen LogP contribution < -0.4 is 5.90 Å². The van der Waals surface area contributed by atoms with E-state index in [1.165, 1.54) is 0 Å². The molecule has 0 saturated carbocycles. The minimum atomic E-state index is -2.56. The van der Waals surface area contributed by atoms with Crippen LogP contribution in [0.25, 0.3) is 0 Å². The molecule has 0 aliphatic rings. The van der Waals surface area contributed by atoms with Gasteiger partial charge in [0.1, 0.15) is 0 Å². The van der Waals surface area contributed by atoms with Crippen molar-refractivity contribution < 1.29 is 23.6 Å². The molecule has 0 aliphatic carbocycles. The molecule has 1 unspecified atom stereocenters. The molecule has 0 aromatic heterocycles. The Bertz CT molecular complexity index is 111. The summed E-state index contributed by atoms with van der Waals surface area (Å²) in [4.78, 5) is 12.4. The second-order valence-electron chi connectivity index (χ2n) is 1.62. The molecular weight excluding hydrogens is 173 g/mol. The Balaban J connectivity index is 2.85. The van der Waals surface area contributed by atoms with Crippen molar-refractivity contribution in [1.82, 2.24) is 0 Å². The first-order valence-electron chi connectivity index (χ1n) is 2.96. The van der Waals surface area contributed by atoms with Gasteiger partial charge in [-0.25, -0.2) is 5.90 Å². The lowest BCUT2D eigenvalue weighted by atomic mass is 10.5. The molecule has 0 saturated heterocycles. The van der Waals surface area contributed by atoms with Gasteiger partial charge < -0.3 is 9.57 Å². The van der Waals surface area contributed by atoms with Crippen molar-refractivity contribution in [1.29, 1.82) is 0 Å². The average Bonchev–Trinajstić information content (AvgIpc) is 1.96. The zero-order chi connectivity index (χ0) is 8.53. The Hall–Kier alpha value is -0.100. The van der Waals surface area contributed by atoms with E-state index in [0.29, 0.717) is 19.6 Å². The molecule has 0 spiro atoms. The first-order valence-corrected chi connectivity index (χ1v) is 4.09. The topological polar surface area (TPSA) is 91.0 Å². The highest BCUT2D eigenvalue weighted by Crippen LogP contribution is 2.13. The van der Waals surface area contributed by atoms with Gasteiger partial charge >= 0.3 is 8.25 Å². The smallest absolute Gasteiger partial charge is 0.350 e. The van der Waals surface area contributed by atoms with E-state index in [0.717, 1.165) is 0 Å². The summed E-state index contributed by atoms with van der Waals surface area (Å²) in [5.41, 5.74) is 0. The van der Waals surface area contributed by atoms with E-state index < -0.39 is 8.25 Å². The summed E-state index contributed by atoms with van der Waals surface area (Å²) in [7, 11) is -2.56. The summed E-state index contributed by atoms with van der Waals surface area (Å²) < 4.78 is 18.8. The third-order valence-electron chi connectivity index (χ3n) is 0.797. The van der Waals surface area contributed by atoms with Gasteiger partial charge in [-0.1, -0.05) is 4.52 Å². The van der Waals surface area contributed by atoms with Crippen molar-refractivity contribution in [3.63, 3.8) is 0 Å². The van der Waals surface area contributed by atoms with E-state index in [2.05, 4.69) is 9.36 Å². The molecule has 0 heterocycles. The second-order valence-corrected chi connectivity index (χ2v) is 2.35. The Kier molecular flexibility index (Phi) is 7.93. The normalized spacial score (nSPS) is 11.6. The van der Waals surface area contributed by atoms with E-state index in [9.17, 15) is 4.57 Å². The van der Waals surface area contributed by atoms with Crippen LogP contribution in [-0.4, -0.2) is 24.9 Å². The zero-order valence-electron chi connectivity index (χ0n) is 5.93. The van der Waals surface area contributed by atoms with Crippen molar-refractivity contribution in [3.05, 3.63) is 0 Å². The summed E-state index contributed by atoms with van der Waals surface area (Å²) in [5.74, 6) is 4.72. The maximum Gasteiger partial charge on any atom is 0.697 e. The highest BCUT2D eigenvalue weighted by atomic mass is 31.1. The van der Waals surface area contributed by atoms with Gasteiger partial charge in [0, 0.05) is 4.57 Å². The molecule has 0 radical (unpaired) electrons. The predicted molar refractivity (Wildman–Crippen MR) is 36.5 cm³/mol. The van der Waals surface area contributed by atoms with Gasteiger partial charge in [0.25, 0.3) is 0 Å². The largest absolute Gasteiger partial charge is 0.697 e. The number of nitrogens with two attached hydrogens (primary N) is 1. The molecule has 6 nitrogen and oxygen atoms in total. The number of ether oxygens (including phenoxy) is 1. The van der Waals surface area contributed by atoms with Crippen LogP contribution in [0.1, 0.15) is 6.42 Å². The summed E-state index contributed by atoms with van der Waals surface area (Å²) in [6.45, 7) is 0.599. The third kappa shape index (κ3) is 9.90. The standard InChI is InChI=1S/C4H10NO5P/c5-9-3-1-2-8-4-10-11(6)7/h1-5H2/p+1. The molecule has 11 heavy (non-hydrogen) atoms. The highest BCUT2D eigenvalue weighted by Gasteiger charge is 2.10.